The number of nitrogens with one attached hydrogen (secondary N) is 1. The molecule has 0 aliphatic heterocycles. The van der Waals surface area contributed by atoms with Gasteiger partial charge in [0.2, 0.25) is 0 Å². The van der Waals surface area contributed by atoms with Crippen LogP contribution in [0.25, 0.3) is 11.1 Å². The van der Waals surface area contributed by atoms with E-state index in [-0.39, 0.29) is 19.1 Å². The highest BCUT2D eigenvalue weighted by molar-refractivity contribution is 5.87. The first kappa shape index (κ1) is 26.7. The first-order valence-corrected chi connectivity index (χ1v) is 13.0. The second-order valence-electron chi connectivity index (χ2n) is 10.2. The van der Waals surface area contributed by atoms with E-state index >= 15 is 0 Å². The van der Waals surface area contributed by atoms with Crippen LogP contribution in [0.1, 0.15) is 36.5 Å². The SMILES string of the molecule is CC(C)(C(=O)N(CC(=O)O)Cc1ccccc1)n1cc(NC(=O)OCC2c3ccccc3-c3ccccc32)cn1. The van der Waals surface area contributed by atoms with Gasteiger partial charge in [0.1, 0.15) is 18.7 Å². The third-order valence-electron chi connectivity index (χ3n) is 7.10. The highest BCUT2D eigenvalue weighted by atomic mass is 16.5. The fraction of sp³-hybridized carbons (Fsp3) is 0.226. The molecule has 4 aromatic rings. The lowest BCUT2D eigenvalue weighted by atomic mass is 9.98. The maximum absolute atomic E-state index is 13.5. The molecule has 9 nitrogen and oxygen atoms in total. The van der Waals surface area contributed by atoms with E-state index in [1.165, 1.54) is 22.0 Å². The summed E-state index contributed by atoms with van der Waals surface area (Å²) in [7, 11) is 0. The van der Waals surface area contributed by atoms with Gasteiger partial charge in [-0.05, 0) is 41.7 Å². The van der Waals surface area contributed by atoms with Crippen LogP contribution >= 0.6 is 0 Å². The Labute approximate surface area is 232 Å². The molecule has 1 aliphatic rings. The Bertz CT molecular complexity index is 1500. The first-order valence-electron chi connectivity index (χ1n) is 13.0. The molecule has 2 amide bonds. The van der Waals surface area contributed by atoms with E-state index in [4.69, 9.17) is 4.74 Å². The predicted octanol–water partition coefficient (Wildman–Crippen LogP) is 5.09. The number of anilines is 1. The van der Waals surface area contributed by atoms with Gasteiger partial charge in [-0.3, -0.25) is 19.6 Å². The summed E-state index contributed by atoms with van der Waals surface area (Å²) >= 11 is 0. The van der Waals surface area contributed by atoms with Crippen molar-refractivity contribution in [2.24, 2.45) is 0 Å². The molecule has 3 aromatic carbocycles. The number of fused-ring (bicyclic) bond motifs is 3. The maximum atomic E-state index is 13.5. The molecule has 0 atom stereocenters. The standard InChI is InChI=1S/C31H30N4O5/c1-31(2,29(38)34(19-28(36)37)17-21-10-4-3-5-11-21)35-18-22(16-32-35)33-30(39)40-20-27-25-14-8-6-12-23(25)24-13-7-9-15-26(24)27/h3-16,18,27H,17,19-20H2,1-2H3,(H,33,39)(H,36,37). The zero-order valence-corrected chi connectivity index (χ0v) is 22.3. The Hall–Kier alpha value is -4.92. The number of hydrogen-bond acceptors (Lipinski definition) is 5. The monoisotopic (exact) mass is 538 g/mol. The van der Waals surface area contributed by atoms with Gasteiger partial charge in [0.15, 0.2) is 0 Å². The van der Waals surface area contributed by atoms with Gasteiger partial charge >= 0.3 is 12.1 Å². The summed E-state index contributed by atoms with van der Waals surface area (Å²) in [4.78, 5) is 39.0. The Balaban J connectivity index is 1.24. The summed E-state index contributed by atoms with van der Waals surface area (Å²) in [6.45, 7) is 3.16. The Morgan fingerprint density at radius 1 is 0.950 bits per heavy atom. The molecule has 5 rings (SSSR count). The first-order chi connectivity index (χ1) is 19.2. The van der Waals surface area contributed by atoms with E-state index in [0.717, 1.165) is 27.8 Å². The number of carboxylic acids is 1. The van der Waals surface area contributed by atoms with Crippen molar-refractivity contribution < 1.29 is 24.2 Å². The number of ether oxygens (including phenoxy) is 1. The average Bonchev–Trinajstić information content (AvgIpc) is 3.54. The molecule has 1 aliphatic carbocycles. The van der Waals surface area contributed by atoms with Crippen LogP contribution in [-0.4, -0.2) is 50.9 Å². The van der Waals surface area contributed by atoms with Gasteiger partial charge in [-0.1, -0.05) is 78.9 Å². The van der Waals surface area contributed by atoms with Crippen LogP contribution in [0.3, 0.4) is 0 Å². The molecule has 40 heavy (non-hydrogen) atoms. The molecule has 0 saturated carbocycles. The van der Waals surface area contributed by atoms with Crippen LogP contribution in [0.4, 0.5) is 10.5 Å². The molecule has 0 fully saturated rings. The normalized spacial score (nSPS) is 12.3. The van der Waals surface area contributed by atoms with Crippen molar-refractivity contribution in [3.8, 4) is 11.1 Å². The van der Waals surface area contributed by atoms with Gasteiger partial charge in [-0.2, -0.15) is 5.10 Å². The quantitative estimate of drug-likeness (QED) is 0.307. The fourth-order valence-electron chi connectivity index (χ4n) is 5.10. The molecule has 0 spiro atoms. The average molecular weight is 539 g/mol. The van der Waals surface area contributed by atoms with Gasteiger partial charge in [0, 0.05) is 18.7 Å². The molecule has 2 N–H and O–H groups in total. The van der Waals surface area contributed by atoms with E-state index in [1.807, 2.05) is 54.6 Å². The molecule has 0 unspecified atom stereocenters. The third kappa shape index (κ3) is 5.44. The summed E-state index contributed by atoms with van der Waals surface area (Å²) < 4.78 is 7.02. The molecule has 0 saturated heterocycles. The van der Waals surface area contributed by atoms with Crippen molar-refractivity contribution in [1.29, 1.82) is 0 Å². The van der Waals surface area contributed by atoms with Crippen LogP contribution < -0.4 is 5.32 Å². The van der Waals surface area contributed by atoms with E-state index in [2.05, 4.69) is 34.7 Å². The molecular weight excluding hydrogens is 508 g/mol. The Kier molecular flexibility index (Phi) is 7.37. The molecule has 0 bridgehead atoms. The minimum atomic E-state index is -1.22. The van der Waals surface area contributed by atoms with Crippen LogP contribution in [-0.2, 0) is 26.4 Å². The van der Waals surface area contributed by atoms with E-state index in [9.17, 15) is 19.5 Å². The van der Waals surface area contributed by atoms with Gasteiger partial charge in [-0.25, -0.2) is 4.79 Å². The smallest absolute Gasteiger partial charge is 0.411 e. The van der Waals surface area contributed by atoms with Gasteiger partial charge in [0.25, 0.3) is 5.91 Å². The maximum Gasteiger partial charge on any atom is 0.411 e. The van der Waals surface area contributed by atoms with Crippen molar-refractivity contribution in [1.82, 2.24) is 14.7 Å². The second-order valence-corrected chi connectivity index (χ2v) is 10.2. The Morgan fingerprint density at radius 3 is 2.17 bits per heavy atom. The minimum absolute atomic E-state index is 0.0674. The van der Waals surface area contributed by atoms with Crippen molar-refractivity contribution in [2.75, 3.05) is 18.5 Å². The second kappa shape index (κ2) is 11.1. The lowest BCUT2D eigenvalue weighted by Crippen LogP contribution is -2.48. The summed E-state index contributed by atoms with van der Waals surface area (Å²) in [6, 6.07) is 25.4. The number of benzene rings is 3. The Morgan fingerprint density at radius 2 is 1.55 bits per heavy atom. The number of aliphatic carboxylic acids is 1. The number of hydrogen-bond donors (Lipinski definition) is 2. The van der Waals surface area contributed by atoms with Crippen LogP contribution in [0.15, 0.2) is 91.3 Å². The topological polar surface area (TPSA) is 114 Å². The van der Waals surface area contributed by atoms with Crippen LogP contribution in [0.2, 0.25) is 0 Å². The zero-order chi connectivity index (χ0) is 28.3. The fourth-order valence-corrected chi connectivity index (χ4v) is 5.10. The number of carboxylic acid groups (broad SMARTS) is 1. The molecule has 9 heteroatoms. The van der Waals surface area contributed by atoms with E-state index in [1.54, 1.807) is 13.8 Å². The highest BCUT2D eigenvalue weighted by Gasteiger charge is 2.36. The zero-order valence-electron chi connectivity index (χ0n) is 22.3. The molecule has 204 valence electrons. The van der Waals surface area contributed by atoms with E-state index < -0.39 is 30.1 Å². The van der Waals surface area contributed by atoms with E-state index in [0.29, 0.717) is 5.69 Å². The van der Waals surface area contributed by atoms with Crippen molar-refractivity contribution in [3.63, 3.8) is 0 Å². The molecule has 1 heterocycles. The summed E-state index contributed by atoms with van der Waals surface area (Å²) in [6.07, 6.45) is 2.32. The van der Waals surface area contributed by atoms with Crippen LogP contribution in [0, 0.1) is 0 Å². The van der Waals surface area contributed by atoms with Crippen molar-refractivity contribution in [3.05, 3.63) is 108 Å². The number of nitrogens with zero attached hydrogens (tertiary/aromatic N) is 3. The van der Waals surface area contributed by atoms with Crippen molar-refractivity contribution in [2.45, 2.75) is 31.8 Å². The molecule has 0 radical (unpaired) electrons. The van der Waals surface area contributed by atoms with Gasteiger partial charge in [-0.15, -0.1) is 0 Å². The highest BCUT2D eigenvalue weighted by Crippen LogP contribution is 2.44. The summed E-state index contributed by atoms with van der Waals surface area (Å²) in [5, 5.41) is 16.4. The molecule has 1 aromatic heterocycles. The van der Waals surface area contributed by atoms with Gasteiger partial charge < -0.3 is 14.7 Å². The number of carbonyl (C=O) groups is 3. The third-order valence-corrected chi connectivity index (χ3v) is 7.10. The predicted molar refractivity (Wildman–Crippen MR) is 150 cm³/mol. The molecular formula is C31H30N4O5. The number of amides is 2. The van der Waals surface area contributed by atoms with Gasteiger partial charge in [0.05, 0.1) is 11.9 Å². The summed E-state index contributed by atoms with van der Waals surface area (Å²) in [5.41, 5.74) is 4.47. The lowest BCUT2D eigenvalue weighted by Gasteiger charge is -2.31. The lowest BCUT2D eigenvalue weighted by molar-refractivity contribution is -0.149. The largest absolute Gasteiger partial charge is 0.480 e. The number of carbonyl (C=O) groups excluding carboxylic acids is 2. The van der Waals surface area contributed by atoms with Crippen molar-refractivity contribution >= 4 is 23.7 Å². The summed E-state index contributed by atoms with van der Waals surface area (Å²) in [5.74, 6) is -1.60. The number of rotatable bonds is 9. The van der Waals surface area contributed by atoms with Crippen LogP contribution in [0.5, 0.6) is 0 Å². The number of aromatic nitrogens is 2. The minimum Gasteiger partial charge on any atom is -0.480 e.